The Bertz CT molecular complexity index is 999. The molecule has 0 atom stereocenters. The molecule has 4 rings (SSSR count). The van der Waals surface area contributed by atoms with Crippen molar-refractivity contribution in [2.24, 2.45) is 0 Å². The Labute approximate surface area is 161 Å². The van der Waals surface area contributed by atoms with Gasteiger partial charge in [0.1, 0.15) is 5.76 Å². The summed E-state index contributed by atoms with van der Waals surface area (Å²) in [6.07, 6.45) is 5.01. The average molecular weight is 380 g/mol. The third-order valence-electron chi connectivity index (χ3n) is 4.31. The first-order valence-corrected chi connectivity index (χ1v) is 9.67. The second-order valence-electron chi connectivity index (χ2n) is 6.64. The molecule has 0 aliphatic rings. The number of furan rings is 1. The van der Waals surface area contributed by atoms with Gasteiger partial charge >= 0.3 is 0 Å². The molecule has 138 valence electrons. The number of rotatable bonds is 6. The van der Waals surface area contributed by atoms with Gasteiger partial charge in [-0.3, -0.25) is 4.79 Å². The minimum atomic E-state index is -0.0773. The van der Waals surface area contributed by atoms with E-state index in [2.05, 4.69) is 23.9 Å². The van der Waals surface area contributed by atoms with Crippen LogP contribution in [0.25, 0.3) is 11.0 Å². The van der Waals surface area contributed by atoms with E-state index in [0.29, 0.717) is 18.7 Å². The minimum absolute atomic E-state index is 0.0773. The number of thiophene rings is 1. The Morgan fingerprint density at radius 3 is 2.85 bits per heavy atom. The number of carbonyl (C=O) groups is 1. The molecule has 4 heterocycles. The van der Waals surface area contributed by atoms with Crippen LogP contribution in [0.5, 0.6) is 0 Å². The molecule has 0 saturated heterocycles. The maximum atomic E-state index is 13.2. The van der Waals surface area contributed by atoms with Crippen molar-refractivity contribution in [1.29, 1.82) is 0 Å². The Kier molecular flexibility index (Phi) is 4.77. The molecule has 0 fully saturated rings. The molecule has 0 N–H and O–H groups in total. The van der Waals surface area contributed by atoms with Crippen molar-refractivity contribution in [3.63, 3.8) is 0 Å². The van der Waals surface area contributed by atoms with Crippen molar-refractivity contribution < 1.29 is 9.21 Å². The summed E-state index contributed by atoms with van der Waals surface area (Å²) in [5, 5.41) is 7.25. The van der Waals surface area contributed by atoms with Crippen LogP contribution in [0.1, 0.15) is 40.9 Å². The van der Waals surface area contributed by atoms with Crippen LogP contribution in [-0.4, -0.2) is 25.6 Å². The molecular weight excluding hydrogens is 360 g/mol. The highest BCUT2D eigenvalue weighted by Crippen LogP contribution is 2.20. The highest BCUT2D eigenvalue weighted by molar-refractivity contribution is 7.09. The minimum Gasteiger partial charge on any atom is -0.467 e. The molecule has 27 heavy (non-hydrogen) atoms. The lowest BCUT2D eigenvalue weighted by molar-refractivity contribution is 0.0719. The fourth-order valence-corrected chi connectivity index (χ4v) is 3.72. The number of fused-ring (bicyclic) bond motifs is 1. The van der Waals surface area contributed by atoms with E-state index >= 15 is 0 Å². The second kappa shape index (κ2) is 7.36. The number of amides is 1. The molecule has 0 spiro atoms. The summed E-state index contributed by atoms with van der Waals surface area (Å²) in [7, 11) is 0. The number of pyridine rings is 1. The number of carbonyl (C=O) groups excluding carboxylic acids is 1. The van der Waals surface area contributed by atoms with Crippen LogP contribution in [0.4, 0.5) is 0 Å². The molecule has 7 heteroatoms. The van der Waals surface area contributed by atoms with Gasteiger partial charge in [0.05, 0.1) is 31.1 Å². The SMILES string of the molecule is CC(C)n1ncc2cc(C(=O)N(Cc3ccco3)Cc3cccs3)cnc21. The molecular formula is C20H20N4O2S. The van der Waals surface area contributed by atoms with Crippen molar-refractivity contribution in [2.75, 3.05) is 0 Å². The molecule has 0 bridgehead atoms. The van der Waals surface area contributed by atoms with Gasteiger partial charge in [0.25, 0.3) is 5.91 Å². The number of hydrogen-bond acceptors (Lipinski definition) is 5. The summed E-state index contributed by atoms with van der Waals surface area (Å²) >= 11 is 1.63. The van der Waals surface area contributed by atoms with Crippen molar-refractivity contribution in [1.82, 2.24) is 19.7 Å². The van der Waals surface area contributed by atoms with Gasteiger partial charge < -0.3 is 9.32 Å². The smallest absolute Gasteiger partial charge is 0.256 e. The van der Waals surface area contributed by atoms with Gasteiger partial charge in [0.2, 0.25) is 0 Å². The van der Waals surface area contributed by atoms with Gasteiger partial charge in [0.15, 0.2) is 5.65 Å². The van der Waals surface area contributed by atoms with E-state index in [1.165, 1.54) is 0 Å². The van der Waals surface area contributed by atoms with Crippen LogP contribution in [0.2, 0.25) is 0 Å². The molecule has 0 unspecified atom stereocenters. The number of nitrogens with zero attached hydrogens (tertiary/aromatic N) is 4. The molecule has 0 aliphatic heterocycles. The molecule has 0 aliphatic carbocycles. The monoisotopic (exact) mass is 380 g/mol. The van der Waals surface area contributed by atoms with Crippen LogP contribution in [0.15, 0.2) is 58.8 Å². The normalized spacial score (nSPS) is 11.4. The van der Waals surface area contributed by atoms with Gasteiger partial charge in [0, 0.05) is 22.5 Å². The van der Waals surface area contributed by atoms with Crippen LogP contribution >= 0.6 is 11.3 Å². The maximum Gasteiger partial charge on any atom is 0.256 e. The summed E-state index contributed by atoms with van der Waals surface area (Å²) < 4.78 is 7.31. The van der Waals surface area contributed by atoms with Crippen LogP contribution in [0.3, 0.4) is 0 Å². The maximum absolute atomic E-state index is 13.2. The Balaban J connectivity index is 1.64. The van der Waals surface area contributed by atoms with E-state index in [9.17, 15) is 4.79 Å². The third kappa shape index (κ3) is 3.64. The van der Waals surface area contributed by atoms with Crippen molar-refractivity contribution in [3.05, 3.63) is 70.6 Å². The second-order valence-corrected chi connectivity index (χ2v) is 7.67. The lowest BCUT2D eigenvalue weighted by Crippen LogP contribution is -2.29. The Hall–Kier alpha value is -2.93. The van der Waals surface area contributed by atoms with E-state index in [-0.39, 0.29) is 11.9 Å². The summed E-state index contributed by atoms with van der Waals surface area (Å²) in [5.41, 5.74) is 1.34. The van der Waals surface area contributed by atoms with Crippen molar-refractivity contribution >= 4 is 28.3 Å². The molecule has 6 nitrogen and oxygen atoms in total. The summed E-state index contributed by atoms with van der Waals surface area (Å²) in [5.74, 6) is 0.674. The molecule has 0 radical (unpaired) electrons. The Morgan fingerprint density at radius 1 is 1.26 bits per heavy atom. The van der Waals surface area contributed by atoms with Crippen molar-refractivity contribution in [2.45, 2.75) is 33.0 Å². The van der Waals surface area contributed by atoms with Crippen LogP contribution in [0, 0.1) is 0 Å². The number of aromatic nitrogens is 3. The van der Waals surface area contributed by atoms with Gasteiger partial charge in [-0.05, 0) is 43.5 Å². The highest BCUT2D eigenvalue weighted by atomic mass is 32.1. The third-order valence-corrected chi connectivity index (χ3v) is 5.17. The highest BCUT2D eigenvalue weighted by Gasteiger charge is 2.20. The van der Waals surface area contributed by atoms with E-state index < -0.39 is 0 Å². The predicted molar refractivity (Wildman–Crippen MR) is 105 cm³/mol. The van der Waals surface area contributed by atoms with E-state index in [1.54, 1.807) is 34.9 Å². The lowest BCUT2D eigenvalue weighted by Gasteiger charge is -2.21. The topological polar surface area (TPSA) is 64.2 Å². The summed E-state index contributed by atoms with van der Waals surface area (Å²) in [6, 6.07) is 9.80. The molecule has 4 aromatic heterocycles. The van der Waals surface area contributed by atoms with E-state index in [4.69, 9.17) is 4.42 Å². The molecule has 0 saturated carbocycles. The van der Waals surface area contributed by atoms with Gasteiger partial charge in [-0.25, -0.2) is 9.67 Å². The fourth-order valence-electron chi connectivity index (χ4n) is 3.00. The molecule has 0 aromatic carbocycles. The largest absolute Gasteiger partial charge is 0.467 e. The lowest BCUT2D eigenvalue weighted by atomic mass is 10.2. The van der Waals surface area contributed by atoms with Gasteiger partial charge in [-0.2, -0.15) is 5.10 Å². The Morgan fingerprint density at radius 2 is 2.15 bits per heavy atom. The van der Waals surface area contributed by atoms with Crippen LogP contribution < -0.4 is 0 Å². The molecule has 1 amide bonds. The first-order valence-electron chi connectivity index (χ1n) is 8.79. The summed E-state index contributed by atoms with van der Waals surface area (Å²) in [6.45, 7) is 5.05. The van der Waals surface area contributed by atoms with Crippen LogP contribution in [-0.2, 0) is 13.1 Å². The fraction of sp³-hybridized carbons (Fsp3) is 0.250. The first kappa shape index (κ1) is 17.5. The standard InChI is InChI=1S/C20H20N4O2S/c1-14(2)24-19-15(11-22-24)9-16(10-21-19)20(25)23(12-17-5-3-7-26-17)13-18-6-4-8-27-18/h3-11,14H,12-13H2,1-2H3. The zero-order chi connectivity index (χ0) is 18.8. The first-order chi connectivity index (χ1) is 13.1. The summed E-state index contributed by atoms with van der Waals surface area (Å²) in [4.78, 5) is 20.6. The predicted octanol–water partition coefficient (Wildman–Crippen LogP) is 4.51. The average Bonchev–Trinajstić information content (AvgIpc) is 3.41. The zero-order valence-electron chi connectivity index (χ0n) is 15.2. The van der Waals surface area contributed by atoms with Gasteiger partial charge in [-0.1, -0.05) is 6.07 Å². The van der Waals surface area contributed by atoms with Gasteiger partial charge in [-0.15, -0.1) is 11.3 Å². The zero-order valence-corrected chi connectivity index (χ0v) is 16.0. The number of hydrogen-bond donors (Lipinski definition) is 0. The van der Waals surface area contributed by atoms with E-state index in [1.807, 2.05) is 40.4 Å². The van der Waals surface area contributed by atoms with E-state index in [0.717, 1.165) is 21.7 Å². The quantitative estimate of drug-likeness (QED) is 0.494. The van der Waals surface area contributed by atoms with Crippen molar-refractivity contribution in [3.8, 4) is 0 Å². The molecule has 4 aromatic rings.